The Morgan fingerprint density at radius 3 is 1.43 bits per heavy atom. The number of hydrogen-bond acceptors (Lipinski definition) is 12. The van der Waals surface area contributed by atoms with Crippen molar-refractivity contribution in [2.75, 3.05) is 34.6 Å². The van der Waals surface area contributed by atoms with E-state index in [1.807, 2.05) is 0 Å². The molecule has 2 aromatic heterocycles. The van der Waals surface area contributed by atoms with Crippen LogP contribution in [0.25, 0.3) is 0 Å². The third kappa shape index (κ3) is 14.9. The summed E-state index contributed by atoms with van der Waals surface area (Å²) in [5, 5.41) is 4.76. The largest absolute Gasteiger partial charge is 0.416 e. The summed E-state index contributed by atoms with van der Waals surface area (Å²) < 4.78 is 135. The third-order valence-corrected chi connectivity index (χ3v) is 13.1. The molecular formula is C44H34Cl4F6N8O8S2. The molecular weight excluding hydrogens is 1090 g/mol. The van der Waals surface area contributed by atoms with Gasteiger partial charge in [0.05, 0.1) is 52.4 Å². The van der Waals surface area contributed by atoms with Crippen LogP contribution in [0.5, 0.6) is 0 Å². The molecule has 28 heteroatoms. The highest BCUT2D eigenvalue weighted by atomic mass is 35.5. The fourth-order valence-corrected chi connectivity index (χ4v) is 8.78. The molecule has 0 aliphatic rings. The molecule has 0 unspecified atom stereocenters. The number of isocyanates is 1. The maximum absolute atomic E-state index is 13.3. The smallest absolute Gasteiger partial charge is 0.399 e. The molecule has 2 heterocycles. The fourth-order valence-electron chi connectivity index (χ4n) is 5.89. The van der Waals surface area contributed by atoms with E-state index in [1.165, 1.54) is 70.4 Å². The summed E-state index contributed by atoms with van der Waals surface area (Å²) in [4.78, 5) is 56.1. The summed E-state index contributed by atoms with van der Waals surface area (Å²) in [6, 6.07) is 14.8. The number of ketones is 2. The number of alkyl halides is 6. The summed E-state index contributed by atoms with van der Waals surface area (Å²) in [5.41, 5.74) is 1.89. The van der Waals surface area contributed by atoms with Crippen LogP contribution in [-0.2, 0) is 37.2 Å². The van der Waals surface area contributed by atoms with Gasteiger partial charge in [-0.2, -0.15) is 26.3 Å². The van der Waals surface area contributed by atoms with E-state index in [4.69, 9.17) is 56.9 Å². The van der Waals surface area contributed by atoms with E-state index in [9.17, 15) is 57.6 Å². The topological polar surface area (TPSA) is 249 Å². The molecule has 0 atom stereocenters. The number of benzene rings is 4. The number of aromatic nitrogens is 2. The Labute approximate surface area is 426 Å². The number of pyridine rings is 2. The van der Waals surface area contributed by atoms with Gasteiger partial charge in [0.25, 0.3) is 20.0 Å². The summed E-state index contributed by atoms with van der Waals surface area (Å²) >= 11 is 24.0. The molecule has 6 N–H and O–H groups in total. The fraction of sp³-hybridized carbons (Fsp3) is 0.136. The van der Waals surface area contributed by atoms with Gasteiger partial charge in [-0.15, -0.1) is 0 Å². The van der Waals surface area contributed by atoms with Crippen molar-refractivity contribution in [2.45, 2.75) is 36.0 Å². The van der Waals surface area contributed by atoms with Gasteiger partial charge in [-0.1, -0.05) is 58.5 Å². The minimum atomic E-state index is -4.78. The van der Waals surface area contributed by atoms with E-state index in [1.54, 1.807) is 0 Å². The second-order valence-corrected chi connectivity index (χ2v) is 19.4. The molecule has 0 bridgehead atoms. The molecule has 72 heavy (non-hydrogen) atoms. The van der Waals surface area contributed by atoms with Gasteiger partial charge in [0.1, 0.15) is 11.4 Å². The third-order valence-electron chi connectivity index (χ3n) is 9.30. The number of aliphatic imine (C=N–C) groups is 1. The van der Waals surface area contributed by atoms with Crippen molar-refractivity contribution in [1.82, 2.24) is 15.3 Å². The highest BCUT2D eigenvalue weighted by molar-refractivity contribution is 7.93. The second-order valence-electron chi connectivity index (χ2n) is 14.4. The molecule has 6 rings (SSSR count). The molecule has 0 aliphatic heterocycles. The molecule has 6 aromatic rings. The monoisotopic (exact) mass is 1120 g/mol. The van der Waals surface area contributed by atoms with Gasteiger partial charge in [-0.05, 0) is 97.8 Å². The van der Waals surface area contributed by atoms with Crippen molar-refractivity contribution in [3.8, 4) is 0 Å². The molecule has 0 aliphatic carbocycles. The number of sulfonamides is 2. The first kappa shape index (κ1) is 57.8. The Hall–Kier alpha value is -6.79. The zero-order valence-electron chi connectivity index (χ0n) is 37.0. The number of nitrogens with zero attached hydrogens (tertiary/aromatic N) is 3. The Morgan fingerprint density at radius 1 is 0.639 bits per heavy atom. The van der Waals surface area contributed by atoms with Gasteiger partial charge in [-0.25, -0.2) is 41.4 Å². The summed E-state index contributed by atoms with van der Waals surface area (Å²) in [6.45, 7) is 2.40. The zero-order valence-corrected chi connectivity index (χ0v) is 41.7. The predicted octanol–water partition coefficient (Wildman–Crippen LogP) is 10.8. The number of rotatable bonds is 11. The lowest BCUT2D eigenvalue weighted by atomic mass is 10.1. The molecule has 0 saturated heterocycles. The second kappa shape index (κ2) is 23.6. The summed E-state index contributed by atoms with van der Waals surface area (Å²) in [7, 11) is -6.38. The summed E-state index contributed by atoms with van der Waals surface area (Å²) in [6.07, 6.45) is -6.03. The van der Waals surface area contributed by atoms with E-state index in [-0.39, 0.29) is 70.8 Å². The number of nitrogens with one attached hydrogen (secondary N) is 4. The molecule has 380 valence electrons. The number of amides is 2. The standard InChI is InChI=1S/C22H17Cl2F3N4O4S.C20H14Cl2F3N3O3S.C2H3NO/c1-11-3-5-14(9-16(11)22(25,26)27)36(34,35)31-18-7-12(23)10-29-19(18)20(32)15-8-13(4-6-17(15)24)30-21(33)28-2;1-10-2-4-13(8-15(10)20(23,24)25)32(30,31)28-17-6-11(21)9-27-18(17)19(29)14-7-12(26)3-5-16(14)22;1-3-2-4/h3-10,31H,1-2H3,(H2,28,30,33);2-9,28H,26H2,1H3;1H3. The lowest BCUT2D eigenvalue weighted by molar-refractivity contribution is -0.139. The van der Waals surface area contributed by atoms with E-state index in [0.29, 0.717) is 12.1 Å². The van der Waals surface area contributed by atoms with Gasteiger partial charge < -0.3 is 16.4 Å². The van der Waals surface area contributed by atoms with Crippen molar-refractivity contribution in [3.63, 3.8) is 0 Å². The SMILES string of the molecule is CN=C=O.CNC(=O)Nc1ccc(Cl)c(C(=O)c2ncc(Cl)cc2NS(=O)(=O)c2ccc(C)c(C(F)(F)F)c2)c1.Cc1ccc(S(=O)(=O)Nc2cc(Cl)cnc2C(=O)c2cc(N)ccc2Cl)cc1C(F)(F)F. The van der Waals surface area contributed by atoms with Crippen molar-refractivity contribution < 1.29 is 62.4 Å². The number of nitrogen functional groups attached to an aromatic ring is 1. The number of carbonyl (C=O) groups is 3. The first-order valence-electron chi connectivity index (χ1n) is 19.5. The number of urea groups is 1. The first-order chi connectivity index (χ1) is 33.4. The number of carbonyl (C=O) groups excluding carboxylic acids is 4. The minimum absolute atomic E-state index is 0.0159. The van der Waals surface area contributed by atoms with Crippen molar-refractivity contribution in [3.05, 3.63) is 162 Å². The van der Waals surface area contributed by atoms with E-state index < -0.39 is 76.6 Å². The average molecular weight is 1120 g/mol. The van der Waals surface area contributed by atoms with Gasteiger partial charge in [0.2, 0.25) is 17.6 Å². The molecule has 0 radical (unpaired) electrons. The predicted molar refractivity (Wildman–Crippen MR) is 259 cm³/mol. The van der Waals surface area contributed by atoms with Crippen LogP contribution in [0, 0.1) is 13.8 Å². The van der Waals surface area contributed by atoms with Crippen LogP contribution in [-0.4, -0.2) is 64.6 Å². The zero-order chi connectivity index (χ0) is 54.1. The Kier molecular flexibility index (Phi) is 19.0. The maximum atomic E-state index is 13.3. The summed E-state index contributed by atoms with van der Waals surface area (Å²) in [5.74, 6) is -1.61. The van der Waals surface area contributed by atoms with Crippen LogP contribution in [0.3, 0.4) is 0 Å². The van der Waals surface area contributed by atoms with Crippen LogP contribution in [0.2, 0.25) is 20.1 Å². The van der Waals surface area contributed by atoms with Crippen LogP contribution in [0.4, 0.5) is 53.9 Å². The molecule has 0 fully saturated rings. The Morgan fingerprint density at radius 2 is 1.04 bits per heavy atom. The number of anilines is 4. The van der Waals surface area contributed by atoms with Gasteiger partial charge in [0, 0.05) is 49.0 Å². The van der Waals surface area contributed by atoms with Gasteiger partial charge in [-0.3, -0.25) is 19.0 Å². The molecule has 0 saturated carbocycles. The maximum Gasteiger partial charge on any atom is 0.416 e. The number of hydrogen-bond donors (Lipinski definition) is 5. The van der Waals surface area contributed by atoms with Crippen LogP contribution < -0.4 is 25.8 Å². The first-order valence-corrected chi connectivity index (χ1v) is 24.0. The van der Waals surface area contributed by atoms with E-state index >= 15 is 0 Å². The Bertz CT molecular complexity index is 3360. The number of halogens is 10. The highest BCUT2D eigenvalue weighted by Gasteiger charge is 2.35. The highest BCUT2D eigenvalue weighted by Crippen LogP contribution is 2.36. The minimum Gasteiger partial charge on any atom is -0.399 e. The van der Waals surface area contributed by atoms with Gasteiger partial charge >= 0.3 is 18.4 Å². The number of aryl methyl sites for hydroxylation is 2. The van der Waals surface area contributed by atoms with Crippen molar-refractivity contribution >= 4 is 113 Å². The number of nitrogens with two attached hydrogens (primary N) is 1. The van der Waals surface area contributed by atoms with Crippen LogP contribution in [0.15, 0.2) is 112 Å². The van der Waals surface area contributed by atoms with Crippen LogP contribution in [0.1, 0.15) is 54.4 Å². The normalized spacial score (nSPS) is 11.4. The molecule has 4 aromatic carbocycles. The lowest BCUT2D eigenvalue weighted by Gasteiger charge is -2.15. The quantitative estimate of drug-likeness (QED) is 0.0268. The molecule has 0 spiro atoms. The van der Waals surface area contributed by atoms with Crippen molar-refractivity contribution in [2.24, 2.45) is 4.99 Å². The molecule has 16 nitrogen and oxygen atoms in total. The van der Waals surface area contributed by atoms with E-state index in [2.05, 4.69) is 35.0 Å². The van der Waals surface area contributed by atoms with Gasteiger partial charge in [0.15, 0.2) is 0 Å². The van der Waals surface area contributed by atoms with E-state index in [0.717, 1.165) is 48.8 Å². The molecule has 2 amide bonds. The van der Waals surface area contributed by atoms with Crippen molar-refractivity contribution in [1.29, 1.82) is 0 Å². The van der Waals surface area contributed by atoms with Crippen LogP contribution >= 0.6 is 46.4 Å². The Balaban J connectivity index is 0.000000292. The lowest BCUT2D eigenvalue weighted by Crippen LogP contribution is -2.24. The average Bonchev–Trinajstić information content (AvgIpc) is 3.29.